The molecule has 0 atom stereocenters. The Balaban J connectivity index is 1.83. The first kappa shape index (κ1) is 13.8. The molecule has 2 aromatic heterocycles. The molecule has 1 saturated heterocycles. The van der Waals surface area contributed by atoms with Crippen LogP contribution in [0.15, 0.2) is 22.7 Å². The van der Waals surface area contributed by atoms with Gasteiger partial charge in [-0.25, -0.2) is 4.98 Å². The van der Waals surface area contributed by atoms with E-state index in [4.69, 9.17) is 9.40 Å². The van der Waals surface area contributed by atoms with Crippen molar-refractivity contribution in [1.82, 2.24) is 14.9 Å². The predicted molar refractivity (Wildman–Crippen MR) is 89.3 cm³/mol. The Morgan fingerprint density at radius 1 is 1.32 bits per heavy atom. The molecule has 0 amide bonds. The van der Waals surface area contributed by atoms with Gasteiger partial charge in [0.25, 0.3) is 0 Å². The Morgan fingerprint density at radius 3 is 2.91 bits per heavy atom. The van der Waals surface area contributed by atoms with Crippen molar-refractivity contribution in [3.63, 3.8) is 0 Å². The molecule has 3 heterocycles. The summed E-state index contributed by atoms with van der Waals surface area (Å²) < 4.78 is 5.91. The molecule has 0 bridgehead atoms. The predicted octanol–water partition coefficient (Wildman–Crippen LogP) is 4.07. The van der Waals surface area contributed by atoms with Gasteiger partial charge < -0.3 is 14.3 Å². The molecule has 0 unspecified atom stereocenters. The molecule has 0 saturated carbocycles. The number of nitrogens with zero attached hydrogens (tertiary/aromatic N) is 2. The van der Waals surface area contributed by atoms with Crippen LogP contribution >= 0.6 is 0 Å². The summed E-state index contributed by atoms with van der Waals surface area (Å²) in [5, 5.41) is 1.28. The van der Waals surface area contributed by atoms with Crippen LogP contribution in [0, 0.1) is 0 Å². The molecule has 0 spiro atoms. The minimum absolute atomic E-state index is 0.627. The Bertz CT molecular complexity index is 793. The number of rotatable bonds is 3. The molecule has 4 nitrogen and oxygen atoms in total. The highest BCUT2D eigenvalue weighted by atomic mass is 16.3. The van der Waals surface area contributed by atoms with Gasteiger partial charge in [0.1, 0.15) is 5.52 Å². The maximum atomic E-state index is 5.91. The van der Waals surface area contributed by atoms with Gasteiger partial charge in [-0.05, 0) is 63.0 Å². The number of hydrogen-bond acceptors (Lipinski definition) is 3. The fourth-order valence-corrected chi connectivity index (χ4v) is 3.64. The Hall–Kier alpha value is -1.81. The number of fused-ring (bicyclic) bond motifs is 3. The third-order valence-corrected chi connectivity index (χ3v) is 4.90. The van der Waals surface area contributed by atoms with Crippen LogP contribution in [0.25, 0.3) is 22.0 Å². The third kappa shape index (κ3) is 2.22. The average Bonchev–Trinajstić information content (AvgIpc) is 3.11. The molecule has 22 heavy (non-hydrogen) atoms. The molecule has 1 aliphatic rings. The van der Waals surface area contributed by atoms with E-state index in [-0.39, 0.29) is 0 Å². The molecule has 4 heteroatoms. The van der Waals surface area contributed by atoms with Crippen LogP contribution < -0.4 is 0 Å². The second-order valence-corrected chi connectivity index (χ2v) is 6.51. The zero-order valence-electron chi connectivity index (χ0n) is 13.4. The number of aromatic amines is 1. The number of benzene rings is 1. The van der Waals surface area contributed by atoms with Crippen molar-refractivity contribution in [2.24, 2.45) is 0 Å². The number of likely N-dealkylation sites (tertiary alicyclic amines) is 1. The van der Waals surface area contributed by atoms with Crippen LogP contribution in [0.5, 0.6) is 0 Å². The van der Waals surface area contributed by atoms with Crippen molar-refractivity contribution < 1.29 is 4.42 Å². The third-order valence-electron chi connectivity index (χ3n) is 4.90. The van der Waals surface area contributed by atoms with Gasteiger partial charge in [-0.3, -0.25) is 0 Å². The average molecular weight is 297 g/mol. The first-order valence-corrected chi connectivity index (χ1v) is 8.34. The molecule has 1 aromatic carbocycles. The van der Waals surface area contributed by atoms with Gasteiger partial charge in [-0.1, -0.05) is 6.92 Å². The van der Waals surface area contributed by atoms with Crippen molar-refractivity contribution in [3.8, 4) is 0 Å². The van der Waals surface area contributed by atoms with E-state index in [1.54, 1.807) is 0 Å². The SMILES string of the molecule is CCCc1nc2c(ccc3[nH]cc(C4CCN(C)CC4)c32)o1. The zero-order chi connectivity index (χ0) is 15.1. The van der Waals surface area contributed by atoms with Crippen LogP contribution in [0.2, 0.25) is 0 Å². The van der Waals surface area contributed by atoms with Gasteiger partial charge in [0, 0.05) is 23.5 Å². The van der Waals surface area contributed by atoms with E-state index >= 15 is 0 Å². The lowest BCUT2D eigenvalue weighted by Crippen LogP contribution is -2.29. The minimum Gasteiger partial charge on any atom is -0.441 e. The number of piperidine rings is 1. The van der Waals surface area contributed by atoms with E-state index in [0.29, 0.717) is 5.92 Å². The van der Waals surface area contributed by atoms with Gasteiger partial charge in [-0.2, -0.15) is 0 Å². The van der Waals surface area contributed by atoms with Crippen LogP contribution in [0.3, 0.4) is 0 Å². The van der Waals surface area contributed by atoms with E-state index in [1.807, 2.05) is 6.07 Å². The summed E-state index contributed by atoms with van der Waals surface area (Å²) >= 11 is 0. The molecular weight excluding hydrogens is 274 g/mol. The number of H-pyrrole nitrogens is 1. The number of hydrogen-bond donors (Lipinski definition) is 1. The van der Waals surface area contributed by atoms with Crippen molar-refractivity contribution in [1.29, 1.82) is 0 Å². The standard InChI is InChI=1S/C18H23N3O/c1-3-4-16-20-18-15(22-16)6-5-14-17(18)13(11-19-14)12-7-9-21(2)10-8-12/h5-6,11-12,19H,3-4,7-10H2,1-2H3. The molecule has 1 aliphatic heterocycles. The van der Waals surface area contributed by atoms with E-state index in [9.17, 15) is 0 Å². The molecule has 116 valence electrons. The van der Waals surface area contributed by atoms with Crippen molar-refractivity contribution >= 4 is 22.0 Å². The molecule has 0 aliphatic carbocycles. The van der Waals surface area contributed by atoms with E-state index in [2.05, 4.69) is 36.1 Å². The zero-order valence-corrected chi connectivity index (χ0v) is 13.4. The fourth-order valence-electron chi connectivity index (χ4n) is 3.64. The summed E-state index contributed by atoms with van der Waals surface area (Å²) in [6.07, 6.45) is 6.60. The van der Waals surface area contributed by atoms with Gasteiger partial charge in [0.15, 0.2) is 11.5 Å². The summed E-state index contributed by atoms with van der Waals surface area (Å²) in [5.41, 5.74) is 4.56. The maximum Gasteiger partial charge on any atom is 0.195 e. The first-order chi connectivity index (χ1) is 10.8. The van der Waals surface area contributed by atoms with E-state index in [1.165, 1.54) is 42.4 Å². The highest BCUT2D eigenvalue weighted by molar-refractivity contribution is 6.04. The second kappa shape index (κ2) is 5.43. The normalized spacial score (nSPS) is 17.7. The lowest BCUT2D eigenvalue weighted by atomic mass is 9.89. The van der Waals surface area contributed by atoms with E-state index in [0.717, 1.165) is 29.8 Å². The number of oxazole rings is 1. The molecule has 1 fully saturated rings. The summed E-state index contributed by atoms with van der Waals surface area (Å²) in [6.45, 7) is 4.51. The molecule has 3 aromatic rings. The minimum atomic E-state index is 0.627. The summed E-state index contributed by atoms with van der Waals surface area (Å²) in [7, 11) is 2.21. The summed E-state index contributed by atoms with van der Waals surface area (Å²) in [6, 6.07) is 4.16. The summed E-state index contributed by atoms with van der Waals surface area (Å²) in [5.74, 6) is 1.49. The molecule has 1 N–H and O–H groups in total. The van der Waals surface area contributed by atoms with Crippen molar-refractivity contribution in [3.05, 3.63) is 29.8 Å². The van der Waals surface area contributed by atoms with Crippen molar-refractivity contribution in [2.45, 2.75) is 38.5 Å². The lowest BCUT2D eigenvalue weighted by molar-refractivity contribution is 0.256. The Kier molecular flexibility index (Phi) is 3.41. The fraction of sp³-hybridized carbons (Fsp3) is 0.500. The van der Waals surface area contributed by atoms with Gasteiger partial charge >= 0.3 is 0 Å². The van der Waals surface area contributed by atoms with Gasteiger partial charge in [0.2, 0.25) is 0 Å². The number of aromatic nitrogens is 2. The largest absolute Gasteiger partial charge is 0.441 e. The van der Waals surface area contributed by atoms with E-state index < -0.39 is 0 Å². The number of aryl methyl sites for hydroxylation is 1. The van der Waals surface area contributed by atoms with Crippen LogP contribution in [0.4, 0.5) is 0 Å². The topological polar surface area (TPSA) is 45.1 Å². The maximum absolute atomic E-state index is 5.91. The molecule has 0 radical (unpaired) electrons. The molecular formula is C18H23N3O. The van der Waals surface area contributed by atoms with Gasteiger partial charge in [-0.15, -0.1) is 0 Å². The number of nitrogens with one attached hydrogen (secondary N) is 1. The molecule has 4 rings (SSSR count). The smallest absolute Gasteiger partial charge is 0.195 e. The highest BCUT2D eigenvalue weighted by Crippen LogP contribution is 2.36. The summed E-state index contributed by atoms with van der Waals surface area (Å²) in [4.78, 5) is 10.6. The lowest BCUT2D eigenvalue weighted by Gasteiger charge is -2.28. The monoisotopic (exact) mass is 297 g/mol. The van der Waals surface area contributed by atoms with Gasteiger partial charge in [0.05, 0.1) is 0 Å². The quantitative estimate of drug-likeness (QED) is 0.792. The van der Waals surface area contributed by atoms with Crippen molar-refractivity contribution in [2.75, 3.05) is 20.1 Å². The Morgan fingerprint density at radius 2 is 2.14 bits per heavy atom. The first-order valence-electron chi connectivity index (χ1n) is 8.34. The van der Waals surface area contributed by atoms with Crippen LogP contribution in [-0.2, 0) is 6.42 Å². The Labute approximate surface area is 130 Å². The van der Waals surface area contributed by atoms with Crippen LogP contribution in [-0.4, -0.2) is 35.0 Å². The van der Waals surface area contributed by atoms with Crippen LogP contribution in [0.1, 0.15) is 43.6 Å². The highest BCUT2D eigenvalue weighted by Gasteiger charge is 2.23. The second-order valence-electron chi connectivity index (χ2n) is 6.51.